The Morgan fingerprint density at radius 1 is 1.52 bits per heavy atom. The molecule has 0 aliphatic carbocycles. The summed E-state index contributed by atoms with van der Waals surface area (Å²) in [5, 5.41) is 18.5. The molecule has 2 N–H and O–H groups in total. The van der Waals surface area contributed by atoms with Crippen LogP contribution in [0.3, 0.4) is 0 Å². The molecular formula is C12H15N5O4. The van der Waals surface area contributed by atoms with Gasteiger partial charge >= 0.3 is 12.0 Å². The number of hydrogen-bond donors (Lipinski definition) is 2. The smallest absolute Gasteiger partial charge is 0.358 e. The van der Waals surface area contributed by atoms with Gasteiger partial charge in [-0.15, -0.1) is 5.10 Å². The number of furan rings is 1. The normalized spacial score (nSPS) is 10.3. The second kappa shape index (κ2) is 6.55. The van der Waals surface area contributed by atoms with Crippen molar-refractivity contribution < 1.29 is 19.1 Å². The minimum atomic E-state index is -1.13. The molecule has 0 unspecified atom stereocenters. The number of nitrogens with zero attached hydrogens (tertiary/aromatic N) is 4. The number of carboxylic acid groups (broad SMARTS) is 1. The quantitative estimate of drug-likeness (QED) is 0.797. The fourth-order valence-corrected chi connectivity index (χ4v) is 1.65. The molecule has 2 aromatic rings. The van der Waals surface area contributed by atoms with E-state index in [4.69, 9.17) is 9.52 Å². The molecule has 2 aromatic heterocycles. The maximum Gasteiger partial charge on any atom is 0.358 e. The summed E-state index contributed by atoms with van der Waals surface area (Å²) >= 11 is 0. The van der Waals surface area contributed by atoms with Crippen LogP contribution in [0.15, 0.2) is 29.2 Å². The van der Waals surface area contributed by atoms with Crippen molar-refractivity contribution in [1.29, 1.82) is 0 Å². The second-order valence-corrected chi connectivity index (χ2v) is 4.39. The Morgan fingerprint density at radius 3 is 2.95 bits per heavy atom. The molecule has 2 amide bonds. The van der Waals surface area contributed by atoms with Crippen molar-refractivity contribution in [3.05, 3.63) is 36.0 Å². The third kappa shape index (κ3) is 4.06. The zero-order valence-electron chi connectivity index (χ0n) is 11.4. The minimum Gasteiger partial charge on any atom is -0.476 e. The first kappa shape index (κ1) is 14.6. The fraction of sp³-hybridized carbons (Fsp3) is 0.333. The zero-order chi connectivity index (χ0) is 15.2. The Kier molecular flexibility index (Phi) is 4.54. The monoisotopic (exact) mass is 293 g/mol. The van der Waals surface area contributed by atoms with Crippen LogP contribution in [0.2, 0.25) is 0 Å². The lowest BCUT2D eigenvalue weighted by molar-refractivity contribution is 0.0690. The van der Waals surface area contributed by atoms with Gasteiger partial charge in [0.1, 0.15) is 0 Å². The summed E-state index contributed by atoms with van der Waals surface area (Å²) in [7, 11) is 1.67. The Balaban J connectivity index is 1.74. The number of amides is 2. The third-order valence-electron chi connectivity index (χ3n) is 2.72. The van der Waals surface area contributed by atoms with E-state index in [2.05, 4.69) is 15.6 Å². The van der Waals surface area contributed by atoms with Gasteiger partial charge in [-0.05, 0) is 6.07 Å². The van der Waals surface area contributed by atoms with Gasteiger partial charge in [-0.1, -0.05) is 5.21 Å². The molecule has 0 saturated carbocycles. The van der Waals surface area contributed by atoms with Crippen molar-refractivity contribution in [2.75, 3.05) is 13.6 Å². The summed E-state index contributed by atoms with van der Waals surface area (Å²) in [6, 6.07) is 1.54. The highest BCUT2D eigenvalue weighted by molar-refractivity contribution is 5.84. The predicted molar refractivity (Wildman–Crippen MR) is 70.6 cm³/mol. The van der Waals surface area contributed by atoms with Crippen molar-refractivity contribution in [3.63, 3.8) is 0 Å². The zero-order valence-corrected chi connectivity index (χ0v) is 11.4. The molecule has 0 saturated heterocycles. The van der Waals surface area contributed by atoms with E-state index in [0.717, 1.165) is 5.56 Å². The molecule has 0 aliphatic heterocycles. The summed E-state index contributed by atoms with van der Waals surface area (Å²) in [5.41, 5.74) is 0.772. The van der Waals surface area contributed by atoms with Crippen molar-refractivity contribution in [2.45, 2.75) is 13.1 Å². The van der Waals surface area contributed by atoms with Crippen LogP contribution in [0.1, 0.15) is 16.1 Å². The number of rotatable bonds is 6. The number of hydrogen-bond acceptors (Lipinski definition) is 5. The molecule has 0 aliphatic rings. The number of aromatic nitrogens is 3. The lowest BCUT2D eigenvalue weighted by atomic mass is 10.3. The van der Waals surface area contributed by atoms with E-state index in [1.807, 2.05) is 0 Å². The SMILES string of the molecule is CN(Cc1ccoc1)C(=O)NCCn1cc(C(=O)O)nn1. The van der Waals surface area contributed by atoms with E-state index in [9.17, 15) is 9.59 Å². The van der Waals surface area contributed by atoms with E-state index < -0.39 is 5.97 Å². The molecule has 0 bridgehead atoms. The van der Waals surface area contributed by atoms with Crippen LogP contribution < -0.4 is 5.32 Å². The van der Waals surface area contributed by atoms with Gasteiger partial charge in [0.15, 0.2) is 5.69 Å². The lowest BCUT2D eigenvalue weighted by Gasteiger charge is -2.16. The Bertz CT molecular complexity index is 607. The Labute approximate surface area is 120 Å². The molecule has 112 valence electrons. The molecular weight excluding hydrogens is 278 g/mol. The molecule has 21 heavy (non-hydrogen) atoms. The maximum atomic E-state index is 11.8. The summed E-state index contributed by atoms with van der Waals surface area (Å²) in [6.45, 7) is 1.09. The van der Waals surface area contributed by atoms with E-state index >= 15 is 0 Å². The summed E-state index contributed by atoms with van der Waals surface area (Å²) in [4.78, 5) is 24.0. The molecule has 0 spiro atoms. The van der Waals surface area contributed by atoms with Gasteiger partial charge in [0.25, 0.3) is 0 Å². The molecule has 0 radical (unpaired) electrons. The number of nitrogens with one attached hydrogen (secondary N) is 1. The maximum absolute atomic E-state index is 11.8. The van der Waals surface area contributed by atoms with E-state index in [1.54, 1.807) is 25.6 Å². The van der Waals surface area contributed by atoms with Gasteiger partial charge in [0, 0.05) is 19.2 Å². The molecule has 0 fully saturated rings. The summed E-state index contributed by atoms with van der Waals surface area (Å²) in [5.74, 6) is -1.13. The highest BCUT2D eigenvalue weighted by Crippen LogP contribution is 2.03. The van der Waals surface area contributed by atoms with Gasteiger partial charge in [-0.2, -0.15) is 0 Å². The van der Waals surface area contributed by atoms with Crippen LogP contribution in [0.25, 0.3) is 0 Å². The topological polar surface area (TPSA) is 113 Å². The summed E-state index contributed by atoms with van der Waals surface area (Å²) in [6.07, 6.45) is 4.43. The minimum absolute atomic E-state index is 0.126. The van der Waals surface area contributed by atoms with Gasteiger partial charge in [0.05, 0.1) is 31.8 Å². The number of carbonyl (C=O) groups is 2. The van der Waals surface area contributed by atoms with Crippen LogP contribution in [-0.2, 0) is 13.1 Å². The molecule has 2 rings (SSSR count). The van der Waals surface area contributed by atoms with Gasteiger partial charge in [-0.3, -0.25) is 0 Å². The average molecular weight is 293 g/mol. The Morgan fingerprint density at radius 2 is 2.33 bits per heavy atom. The number of carbonyl (C=O) groups excluding carboxylic acids is 1. The molecule has 2 heterocycles. The first-order chi connectivity index (χ1) is 10.1. The first-order valence-electron chi connectivity index (χ1n) is 6.19. The van der Waals surface area contributed by atoms with Crippen molar-refractivity contribution >= 4 is 12.0 Å². The second-order valence-electron chi connectivity index (χ2n) is 4.39. The van der Waals surface area contributed by atoms with Crippen LogP contribution in [0, 0.1) is 0 Å². The molecule has 0 aromatic carbocycles. The predicted octanol–water partition coefficient (Wildman–Crippen LogP) is 0.411. The number of urea groups is 1. The van der Waals surface area contributed by atoms with Gasteiger partial charge < -0.3 is 19.7 Å². The standard InChI is InChI=1S/C12H15N5O4/c1-16(6-9-2-5-21-8-9)12(20)13-3-4-17-7-10(11(18)19)14-15-17/h2,5,7-8H,3-4,6H2,1H3,(H,13,20)(H,18,19). The largest absolute Gasteiger partial charge is 0.476 e. The van der Waals surface area contributed by atoms with E-state index in [0.29, 0.717) is 19.6 Å². The van der Waals surface area contributed by atoms with Gasteiger partial charge in [0.2, 0.25) is 0 Å². The van der Waals surface area contributed by atoms with Gasteiger partial charge in [-0.25, -0.2) is 14.3 Å². The van der Waals surface area contributed by atoms with Crippen molar-refractivity contribution in [1.82, 2.24) is 25.2 Å². The van der Waals surface area contributed by atoms with Crippen LogP contribution in [-0.4, -0.2) is 50.6 Å². The van der Waals surface area contributed by atoms with Crippen LogP contribution >= 0.6 is 0 Å². The molecule has 9 heteroatoms. The average Bonchev–Trinajstić information content (AvgIpc) is 3.09. The Hall–Kier alpha value is -2.84. The van der Waals surface area contributed by atoms with E-state index in [-0.39, 0.29) is 11.7 Å². The molecule has 0 atom stereocenters. The van der Waals surface area contributed by atoms with E-state index in [1.165, 1.54) is 15.8 Å². The summed E-state index contributed by atoms with van der Waals surface area (Å²) < 4.78 is 6.29. The van der Waals surface area contributed by atoms with Crippen molar-refractivity contribution in [2.24, 2.45) is 0 Å². The fourth-order valence-electron chi connectivity index (χ4n) is 1.65. The van der Waals surface area contributed by atoms with Crippen LogP contribution in [0.5, 0.6) is 0 Å². The molecule has 9 nitrogen and oxygen atoms in total. The first-order valence-corrected chi connectivity index (χ1v) is 6.19. The highest BCUT2D eigenvalue weighted by atomic mass is 16.4. The highest BCUT2D eigenvalue weighted by Gasteiger charge is 2.10. The lowest BCUT2D eigenvalue weighted by Crippen LogP contribution is -2.38. The van der Waals surface area contributed by atoms with Crippen molar-refractivity contribution in [3.8, 4) is 0 Å². The third-order valence-corrected chi connectivity index (χ3v) is 2.72. The number of carboxylic acids is 1. The van der Waals surface area contributed by atoms with Crippen LogP contribution in [0.4, 0.5) is 4.79 Å². The number of aromatic carboxylic acids is 1.